The average Bonchev–Trinajstić information content (AvgIpc) is 3.06. The quantitative estimate of drug-likeness (QED) is 0.611. The van der Waals surface area contributed by atoms with Gasteiger partial charge in [0, 0.05) is 0 Å². The van der Waals surface area contributed by atoms with Crippen LogP contribution in [-0.2, 0) is 13.2 Å². The lowest BCUT2D eigenvalue weighted by atomic mass is 10.1. The van der Waals surface area contributed by atoms with Crippen LogP contribution in [0, 0.1) is 6.92 Å². The first-order valence-corrected chi connectivity index (χ1v) is 8.86. The molecule has 27 heavy (non-hydrogen) atoms. The molecule has 2 aromatic carbocycles. The summed E-state index contributed by atoms with van der Waals surface area (Å²) in [6.07, 6.45) is 0. The first-order valence-electron chi connectivity index (χ1n) is 8.48. The van der Waals surface area contributed by atoms with Gasteiger partial charge in [-0.3, -0.25) is 0 Å². The van der Waals surface area contributed by atoms with Crippen molar-refractivity contribution in [1.29, 1.82) is 0 Å². The van der Waals surface area contributed by atoms with Crippen LogP contribution in [0.3, 0.4) is 0 Å². The highest BCUT2D eigenvalue weighted by Gasteiger charge is 2.13. The standard InChI is InChI=1S/C18H21ClN6O2/c1-3-26-16-9-14(10-21-25-18(20)22-23-24-25)8-15(19)17(16)27-11-13-6-4-12(2)5-7-13/h4-9,21H,3,10-11H2,1-2H3,(H2,20,22,24). The number of aryl methyl sites for hydroxylation is 1. The molecule has 0 amide bonds. The van der Waals surface area contributed by atoms with Crippen LogP contribution in [0.1, 0.15) is 23.6 Å². The second-order valence-electron chi connectivity index (χ2n) is 5.90. The number of halogens is 1. The van der Waals surface area contributed by atoms with E-state index in [2.05, 4.69) is 21.0 Å². The van der Waals surface area contributed by atoms with E-state index in [9.17, 15) is 0 Å². The van der Waals surface area contributed by atoms with Crippen molar-refractivity contribution in [1.82, 2.24) is 20.3 Å². The molecule has 1 heterocycles. The number of benzene rings is 2. The Hall–Kier alpha value is -3.00. The van der Waals surface area contributed by atoms with Gasteiger partial charge in [-0.2, -0.15) is 0 Å². The Labute approximate surface area is 162 Å². The summed E-state index contributed by atoms with van der Waals surface area (Å²) < 4.78 is 11.7. The third-order valence-electron chi connectivity index (χ3n) is 3.80. The summed E-state index contributed by atoms with van der Waals surface area (Å²) in [5, 5.41) is 11.3. The zero-order chi connectivity index (χ0) is 19.2. The maximum atomic E-state index is 6.45. The molecule has 0 fully saturated rings. The average molecular weight is 389 g/mol. The van der Waals surface area contributed by atoms with Crippen LogP contribution in [0.25, 0.3) is 0 Å². The van der Waals surface area contributed by atoms with Crippen LogP contribution in [0.5, 0.6) is 11.5 Å². The van der Waals surface area contributed by atoms with Crippen LogP contribution in [0.15, 0.2) is 36.4 Å². The fraction of sp³-hybridized carbons (Fsp3) is 0.278. The maximum absolute atomic E-state index is 6.45. The molecule has 0 radical (unpaired) electrons. The van der Waals surface area contributed by atoms with Crippen molar-refractivity contribution in [2.24, 2.45) is 0 Å². The van der Waals surface area contributed by atoms with Crippen molar-refractivity contribution in [3.05, 3.63) is 58.1 Å². The molecule has 0 aliphatic rings. The minimum Gasteiger partial charge on any atom is -0.490 e. The van der Waals surface area contributed by atoms with E-state index in [-0.39, 0.29) is 5.95 Å². The number of nitrogen functional groups attached to an aromatic ring is 1. The van der Waals surface area contributed by atoms with Gasteiger partial charge in [-0.15, -0.1) is 4.79 Å². The number of rotatable bonds is 8. The van der Waals surface area contributed by atoms with Crippen LogP contribution in [-0.4, -0.2) is 26.9 Å². The first-order chi connectivity index (χ1) is 13.1. The van der Waals surface area contributed by atoms with Gasteiger partial charge in [0.15, 0.2) is 11.5 Å². The highest BCUT2D eigenvalue weighted by atomic mass is 35.5. The Morgan fingerprint density at radius 2 is 1.93 bits per heavy atom. The van der Waals surface area contributed by atoms with Crippen molar-refractivity contribution < 1.29 is 9.47 Å². The van der Waals surface area contributed by atoms with Crippen LogP contribution in [0.2, 0.25) is 5.02 Å². The number of nitrogens with two attached hydrogens (primary N) is 1. The fourth-order valence-corrected chi connectivity index (χ4v) is 2.73. The highest BCUT2D eigenvalue weighted by molar-refractivity contribution is 6.32. The molecule has 142 valence electrons. The van der Waals surface area contributed by atoms with Crippen LogP contribution < -0.4 is 20.6 Å². The summed E-state index contributed by atoms with van der Waals surface area (Å²) in [4.78, 5) is 1.29. The van der Waals surface area contributed by atoms with E-state index >= 15 is 0 Å². The molecule has 3 rings (SSSR count). The highest BCUT2D eigenvalue weighted by Crippen LogP contribution is 2.37. The van der Waals surface area contributed by atoms with Crippen molar-refractivity contribution in [2.75, 3.05) is 17.8 Å². The lowest BCUT2D eigenvalue weighted by Crippen LogP contribution is -2.18. The molecule has 0 atom stereocenters. The zero-order valence-electron chi connectivity index (χ0n) is 15.1. The molecule has 8 nitrogen and oxygen atoms in total. The smallest absolute Gasteiger partial charge is 0.260 e. The normalized spacial score (nSPS) is 10.6. The third-order valence-corrected chi connectivity index (χ3v) is 4.08. The molecule has 1 aromatic heterocycles. The molecular formula is C18H21ClN6O2. The molecule has 0 unspecified atom stereocenters. The molecular weight excluding hydrogens is 368 g/mol. The Morgan fingerprint density at radius 3 is 2.59 bits per heavy atom. The van der Waals surface area contributed by atoms with Gasteiger partial charge in [0.1, 0.15) is 6.61 Å². The number of nitrogens with zero attached hydrogens (tertiary/aromatic N) is 4. The third kappa shape index (κ3) is 4.79. The van der Waals surface area contributed by atoms with E-state index in [1.807, 2.05) is 50.2 Å². The molecule has 0 bridgehead atoms. The Balaban J connectivity index is 1.74. The van der Waals surface area contributed by atoms with Crippen molar-refractivity contribution in [3.63, 3.8) is 0 Å². The van der Waals surface area contributed by atoms with E-state index in [0.29, 0.717) is 36.3 Å². The predicted octanol–water partition coefficient (Wildman–Crippen LogP) is 2.94. The summed E-state index contributed by atoms with van der Waals surface area (Å²) in [5.74, 6) is 1.27. The van der Waals surface area contributed by atoms with Crippen LogP contribution in [0.4, 0.5) is 5.95 Å². The molecule has 0 saturated heterocycles. The summed E-state index contributed by atoms with van der Waals surface area (Å²) in [5.41, 5.74) is 11.8. The minimum atomic E-state index is 0.171. The molecule has 0 aliphatic carbocycles. The maximum Gasteiger partial charge on any atom is 0.260 e. The molecule has 0 spiro atoms. The first kappa shape index (κ1) is 18.8. The lowest BCUT2D eigenvalue weighted by Gasteiger charge is -2.16. The van der Waals surface area contributed by atoms with Gasteiger partial charge in [-0.05, 0) is 47.5 Å². The second kappa shape index (κ2) is 8.59. The van der Waals surface area contributed by atoms with E-state index in [0.717, 1.165) is 11.1 Å². The Morgan fingerprint density at radius 1 is 1.15 bits per heavy atom. The topological polar surface area (TPSA) is 100 Å². The minimum absolute atomic E-state index is 0.171. The Bertz CT molecular complexity index is 897. The van der Waals surface area contributed by atoms with Gasteiger partial charge >= 0.3 is 0 Å². The summed E-state index contributed by atoms with van der Waals surface area (Å²) in [6.45, 7) is 5.26. The van der Waals surface area contributed by atoms with Gasteiger partial charge in [-0.25, -0.2) is 0 Å². The summed E-state index contributed by atoms with van der Waals surface area (Å²) >= 11 is 6.45. The van der Waals surface area contributed by atoms with Crippen molar-refractivity contribution in [3.8, 4) is 11.5 Å². The molecule has 3 N–H and O–H groups in total. The molecule has 9 heteroatoms. The summed E-state index contributed by atoms with van der Waals surface area (Å²) in [6, 6.07) is 11.8. The van der Waals surface area contributed by atoms with Crippen molar-refractivity contribution in [2.45, 2.75) is 27.0 Å². The number of hydrogen-bond acceptors (Lipinski definition) is 7. The SMILES string of the molecule is CCOc1cc(CNn2nnnc2N)cc(Cl)c1OCc1ccc(C)cc1. The van der Waals surface area contributed by atoms with Crippen molar-refractivity contribution >= 4 is 17.5 Å². The second-order valence-corrected chi connectivity index (χ2v) is 6.30. The Kier molecular flexibility index (Phi) is 5.97. The number of anilines is 1. The van der Waals surface area contributed by atoms with Crippen LogP contribution >= 0.6 is 11.6 Å². The fourth-order valence-electron chi connectivity index (χ4n) is 2.44. The molecule has 0 aliphatic heterocycles. The van der Waals surface area contributed by atoms with E-state index in [1.54, 1.807) is 0 Å². The van der Waals surface area contributed by atoms with Gasteiger partial charge < -0.3 is 20.6 Å². The number of ether oxygens (including phenoxy) is 2. The lowest BCUT2D eigenvalue weighted by molar-refractivity contribution is 0.269. The molecule has 0 saturated carbocycles. The summed E-state index contributed by atoms with van der Waals surface area (Å²) in [7, 11) is 0. The van der Waals surface area contributed by atoms with E-state index in [4.69, 9.17) is 26.8 Å². The van der Waals surface area contributed by atoms with E-state index in [1.165, 1.54) is 10.4 Å². The number of aromatic nitrogens is 4. The van der Waals surface area contributed by atoms with Gasteiger partial charge in [0.25, 0.3) is 5.95 Å². The van der Waals surface area contributed by atoms with Gasteiger partial charge in [-0.1, -0.05) is 46.5 Å². The molecule has 3 aromatic rings. The number of hydrogen-bond donors (Lipinski definition) is 2. The number of nitrogens with one attached hydrogen (secondary N) is 1. The largest absolute Gasteiger partial charge is 0.490 e. The monoisotopic (exact) mass is 388 g/mol. The number of tetrazole rings is 1. The van der Waals surface area contributed by atoms with Gasteiger partial charge in [0.2, 0.25) is 0 Å². The zero-order valence-corrected chi connectivity index (χ0v) is 15.9. The van der Waals surface area contributed by atoms with Gasteiger partial charge in [0.05, 0.1) is 18.2 Å². The predicted molar refractivity (Wildman–Crippen MR) is 103 cm³/mol. The van der Waals surface area contributed by atoms with E-state index < -0.39 is 0 Å².